The van der Waals surface area contributed by atoms with Gasteiger partial charge in [-0.15, -0.1) is 0 Å². The summed E-state index contributed by atoms with van der Waals surface area (Å²) in [5.74, 6) is 0. The van der Waals surface area contributed by atoms with E-state index in [1.165, 1.54) is 38.5 Å². The van der Waals surface area contributed by atoms with Gasteiger partial charge in [-0.25, -0.2) is 0 Å². The van der Waals surface area contributed by atoms with Gasteiger partial charge in [-0.1, -0.05) is 0 Å². The first-order valence-corrected chi connectivity index (χ1v) is 22.6. The summed E-state index contributed by atoms with van der Waals surface area (Å²) in [4.78, 5) is 0. The van der Waals surface area contributed by atoms with E-state index >= 15 is 0 Å². The SMILES string of the molecule is CCC[CH2][Sn]([CH]=CCC(C)(CCOC)O[Si](C)(C)C)([CH2]CCC)[CH2]CCC. The molecule has 0 saturated heterocycles. The zero-order valence-corrected chi connectivity index (χ0v) is 23.8. The van der Waals surface area contributed by atoms with E-state index in [1.807, 2.05) is 0 Å². The fraction of sp³-hybridized carbons (Fsp3) is 0.913. The average Bonchev–Trinajstić information content (AvgIpc) is 2.59. The van der Waals surface area contributed by atoms with Crippen molar-refractivity contribution in [3.63, 3.8) is 0 Å². The molecular weight excluding hydrogens is 455 g/mol. The van der Waals surface area contributed by atoms with Crippen LogP contribution in [0.3, 0.4) is 0 Å². The van der Waals surface area contributed by atoms with Crippen molar-refractivity contribution in [1.29, 1.82) is 0 Å². The number of unbranched alkanes of at least 4 members (excludes halogenated alkanes) is 3. The minimum atomic E-state index is -2.17. The Hall–Kier alpha value is 0.676. The molecule has 0 aliphatic carbocycles. The number of hydrogen-bond acceptors (Lipinski definition) is 2. The van der Waals surface area contributed by atoms with Crippen molar-refractivity contribution >= 4 is 26.7 Å². The van der Waals surface area contributed by atoms with Crippen LogP contribution in [0.4, 0.5) is 0 Å². The molecule has 1 atom stereocenters. The van der Waals surface area contributed by atoms with E-state index in [-0.39, 0.29) is 5.60 Å². The molecule has 0 aromatic heterocycles. The Kier molecular flexibility index (Phi) is 15.0. The molecule has 2 nitrogen and oxygen atoms in total. The molecule has 0 aromatic carbocycles. The molecule has 0 aliphatic rings. The van der Waals surface area contributed by atoms with E-state index in [1.54, 1.807) is 20.4 Å². The van der Waals surface area contributed by atoms with E-state index in [2.05, 4.69) is 57.5 Å². The normalized spacial score (nSPS) is 15.4. The second-order valence-electron chi connectivity index (χ2n) is 9.69. The van der Waals surface area contributed by atoms with Crippen LogP contribution in [0.15, 0.2) is 10.2 Å². The summed E-state index contributed by atoms with van der Waals surface area (Å²) in [6, 6.07) is 0. The molecule has 0 heterocycles. The van der Waals surface area contributed by atoms with Crippen LogP contribution in [-0.2, 0) is 9.16 Å². The summed E-state index contributed by atoms with van der Waals surface area (Å²) >= 11 is -2.17. The molecule has 0 bridgehead atoms. The van der Waals surface area contributed by atoms with Gasteiger partial charge in [-0.05, 0) is 0 Å². The van der Waals surface area contributed by atoms with Gasteiger partial charge < -0.3 is 0 Å². The van der Waals surface area contributed by atoms with Crippen molar-refractivity contribution in [3.8, 4) is 0 Å². The van der Waals surface area contributed by atoms with Gasteiger partial charge >= 0.3 is 177 Å². The first kappa shape index (κ1) is 27.7. The topological polar surface area (TPSA) is 18.5 Å². The predicted molar refractivity (Wildman–Crippen MR) is 128 cm³/mol. The summed E-state index contributed by atoms with van der Waals surface area (Å²) in [5, 5.41) is 0. The molecule has 0 radical (unpaired) electrons. The van der Waals surface area contributed by atoms with Crippen LogP contribution in [0.1, 0.15) is 79.1 Å². The van der Waals surface area contributed by atoms with E-state index in [0.717, 1.165) is 19.4 Å². The summed E-state index contributed by atoms with van der Waals surface area (Å²) in [7, 11) is 0.224. The van der Waals surface area contributed by atoms with E-state index in [4.69, 9.17) is 9.16 Å². The Bertz CT molecular complexity index is 371. The predicted octanol–water partition coefficient (Wildman–Crippen LogP) is 7.97. The van der Waals surface area contributed by atoms with Crippen LogP contribution in [0.25, 0.3) is 0 Å². The van der Waals surface area contributed by atoms with Crippen molar-refractivity contribution in [2.24, 2.45) is 0 Å². The number of ether oxygens (including phenoxy) is 1. The van der Waals surface area contributed by atoms with Gasteiger partial charge in [0.2, 0.25) is 0 Å². The zero-order valence-electron chi connectivity index (χ0n) is 20.0. The monoisotopic (exact) mass is 506 g/mol. The van der Waals surface area contributed by atoms with Crippen molar-refractivity contribution in [1.82, 2.24) is 0 Å². The number of rotatable bonds is 17. The maximum absolute atomic E-state index is 6.62. The van der Waals surface area contributed by atoms with Crippen LogP contribution >= 0.6 is 0 Å². The van der Waals surface area contributed by atoms with Crippen LogP contribution < -0.4 is 0 Å². The van der Waals surface area contributed by atoms with Gasteiger partial charge in [0.15, 0.2) is 0 Å². The third-order valence-electron chi connectivity index (χ3n) is 5.49. The van der Waals surface area contributed by atoms with Gasteiger partial charge in [0.1, 0.15) is 0 Å². The summed E-state index contributed by atoms with van der Waals surface area (Å²) in [6.45, 7) is 17.0. The quantitative estimate of drug-likeness (QED) is 0.187. The number of hydrogen-bond donors (Lipinski definition) is 0. The van der Waals surface area contributed by atoms with Gasteiger partial charge in [0.05, 0.1) is 0 Å². The molecule has 0 saturated carbocycles. The fourth-order valence-electron chi connectivity index (χ4n) is 4.02. The van der Waals surface area contributed by atoms with Crippen LogP contribution in [-0.4, -0.2) is 46.0 Å². The van der Waals surface area contributed by atoms with Crippen molar-refractivity contribution in [2.45, 2.75) is 118 Å². The molecule has 0 fully saturated rings. The van der Waals surface area contributed by atoms with Gasteiger partial charge in [-0.3, -0.25) is 0 Å². The number of methoxy groups -OCH3 is 1. The van der Waals surface area contributed by atoms with Crippen LogP contribution in [0, 0.1) is 0 Å². The van der Waals surface area contributed by atoms with Crippen molar-refractivity contribution in [3.05, 3.63) is 10.2 Å². The minimum absolute atomic E-state index is 0.0745. The molecule has 4 heteroatoms. The molecular formula is C23H50O2SiSn. The maximum atomic E-state index is 6.62. The van der Waals surface area contributed by atoms with E-state index in [0.29, 0.717) is 0 Å². The molecule has 162 valence electrons. The van der Waals surface area contributed by atoms with Gasteiger partial charge in [-0.2, -0.15) is 0 Å². The first-order chi connectivity index (χ1) is 12.7. The Labute approximate surface area is 176 Å². The van der Waals surface area contributed by atoms with E-state index in [9.17, 15) is 0 Å². The summed E-state index contributed by atoms with van der Waals surface area (Å²) in [6.07, 6.45) is 12.9. The summed E-state index contributed by atoms with van der Waals surface area (Å²) < 4.78 is 19.4. The zero-order chi connectivity index (χ0) is 20.8. The molecule has 0 amide bonds. The second kappa shape index (κ2) is 14.6. The standard InChI is InChI=1S/C11H23O2Si.3C4H9.Sn/c1-7-8-11(2,9-10-12-3)13-14(4,5)6;3*1-3-4-2;/h1,7H,8-10H2,2-6H3;3*1,3-4H2,2H3;. The third-order valence-corrected chi connectivity index (χ3v) is 20.8. The van der Waals surface area contributed by atoms with Crippen molar-refractivity contribution < 1.29 is 9.16 Å². The Morgan fingerprint density at radius 3 is 1.74 bits per heavy atom. The molecule has 1 unspecified atom stereocenters. The Morgan fingerprint density at radius 2 is 1.37 bits per heavy atom. The van der Waals surface area contributed by atoms with Crippen LogP contribution in [0.5, 0.6) is 0 Å². The average molecular weight is 505 g/mol. The second-order valence-corrected chi connectivity index (χ2v) is 27.1. The van der Waals surface area contributed by atoms with Gasteiger partial charge in [0, 0.05) is 0 Å². The van der Waals surface area contributed by atoms with Gasteiger partial charge in [0.25, 0.3) is 0 Å². The fourth-order valence-corrected chi connectivity index (χ4v) is 20.1. The van der Waals surface area contributed by atoms with Crippen molar-refractivity contribution in [2.75, 3.05) is 13.7 Å². The molecule has 0 spiro atoms. The molecule has 0 aliphatic heterocycles. The van der Waals surface area contributed by atoms with E-state index < -0.39 is 26.7 Å². The summed E-state index contributed by atoms with van der Waals surface area (Å²) in [5.41, 5.74) is -0.0745. The Balaban J connectivity index is 5.32. The molecule has 0 rings (SSSR count). The third kappa shape index (κ3) is 13.5. The van der Waals surface area contributed by atoms with Crippen LogP contribution in [0.2, 0.25) is 33.0 Å². The molecule has 27 heavy (non-hydrogen) atoms. The first-order valence-electron chi connectivity index (χ1n) is 11.5. The Morgan fingerprint density at radius 1 is 0.889 bits per heavy atom. The molecule has 0 aromatic rings. The molecule has 0 N–H and O–H groups in total.